The van der Waals surface area contributed by atoms with Crippen molar-refractivity contribution < 1.29 is 14.2 Å². The van der Waals surface area contributed by atoms with Crippen molar-refractivity contribution in [1.29, 1.82) is 0 Å². The first-order valence-electron chi connectivity index (χ1n) is 10.1. The SMILES string of the molecule is CCNC(=NCCC(C)c1ccc(OC)cc1)NCCOCC1CCCO1. The highest BCUT2D eigenvalue weighted by atomic mass is 16.5. The monoisotopic (exact) mass is 377 g/mol. The average molecular weight is 378 g/mol. The number of rotatable bonds is 11. The summed E-state index contributed by atoms with van der Waals surface area (Å²) < 4.78 is 16.5. The van der Waals surface area contributed by atoms with E-state index in [4.69, 9.17) is 14.2 Å². The maximum atomic E-state index is 5.69. The van der Waals surface area contributed by atoms with Crippen LogP contribution in [0.4, 0.5) is 0 Å². The fraction of sp³-hybridized carbons (Fsp3) is 0.667. The van der Waals surface area contributed by atoms with Crippen LogP contribution in [-0.2, 0) is 9.47 Å². The van der Waals surface area contributed by atoms with E-state index in [0.717, 1.165) is 57.2 Å². The molecule has 0 radical (unpaired) electrons. The first-order valence-corrected chi connectivity index (χ1v) is 10.1. The quantitative estimate of drug-likeness (QED) is 0.353. The number of benzene rings is 1. The molecule has 1 fully saturated rings. The van der Waals surface area contributed by atoms with Crippen LogP contribution in [-0.4, -0.2) is 58.6 Å². The zero-order valence-corrected chi connectivity index (χ0v) is 17.0. The highest BCUT2D eigenvalue weighted by Gasteiger charge is 2.14. The predicted octanol–water partition coefficient (Wildman–Crippen LogP) is 2.94. The molecular weight excluding hydrogens is 342 g/mol. The Morgan fingerprint density at radius 2 is 2.11 bits per heavy atom. The predicted molar refractivity (Wildman–Crippen MR) is 110 cm³/mol. The molecule has 1 aliphatic rings. The fourth-order valence-corrected chi connectivity index (χ4v) is 3.04. The van der Waals surface area contributed by atoms with E-state index in [2.05, 4.69) is 41.6 Å². The Hall–Kier alpha value is -1.79. The standard InChI is InChI=1S/C21H35N3O3/c1-4-22-21(24-13-15-26-16-20-6-5-14-27-20)23-12-11-17(2)18-7-9-19(25-3)10-8-18/h7-10,17,20H,4-6,11-16H2,1-3H3,(H2,22,23,24). The van der Waals surface area contributed by atoms with Gasteiger partial charge >= 0.3 is 0 Å². The van der Waals surface area contributed by atoms with Gasteiger partial charge in [-0.1, -0.05) is 19.1 Å². The molecule has 27 heavy (non-hydrogen) atoms. The molecule has 0 aromatic heterocycles. The molecule has 0 aliphatic carbocycles. The number of methoxy groups -OCH3 is 1. The molecule has 1 saturated heterocycles. The third-order valence-corrected chi connectivity index (χ3v) is 4.73. The summed E-state index contributed by atoms with van der Waals surface area (Å²) in [5.74, 6) is 2.20. The number of nitrogens with one attached hydrogen (secondary N) is 2. The van der Waals surface area contributed by atoms with Gasteiger partial charge in [-0.3, -0.25) is 4.99 Å². The highest BCUT2D eigenvalue weighted by molar-refractivity contribution is 5.79. The number of hydrogen-bond donors (Lipinski definition) is 2. The minimum atomic E-state index is 0.284. The molecule has 152 valence electrons. The van der Waals surface area contributed by atoms with Crippen molar-refractivity contribution in [3.63, 3.8) is 0 Å². The summed E-state index contributed by atoms with van der Waals surface area (Å²) in [7, 11) is 1.69. The minimum absolute atomic E-state index is 0.284. The van der Waals surface area contributed by atoms with Crippen molar-refractivity contribution >= 4 is 5.96 Å². The van der Waals surface area contributed by atoms with Gasteiger partial charge in [-0.25, -0.2) is 0 Å². The van der Waals surface area contributed by atoms with Crippen molar-refractivity contribution in [2.24, 2.45) is 4.99 Å². The van der Waals surface area contributed by atoms with Gasteiger partial charge in [-0.05, 0) is 49.8 Å². The highest BCUT2D eigenvalue weighted by Crippen LogP contribution is 2.21. The summed E-state index contributed by atoms with van der Waals surface area (Å²) in [5, 5.41) is 6.62. The molecule has 0 amide bonds. The third kappa shape index (κ3) is 8.18. The maximum absolute atomic E-state index is 5.69. The summed E-state index contributed by atoms with van der Waals surface area (Å²) in [4.78, 5) is 4.68. The van der Waals surface area contributed by atoms with E-state index in [-0.39, 0.29) is 6.10 Å². The van der Waals surface area contributed by atoms with Crippen LogP contribution < -0.4 is 15.4 Å². The molecule has 1 aromatic rings. The second kappa shape index (κ2) is 12.6. The molecule has 1 aliphatic heterocycles. The minimum Gasteiger partial charge on any atom is -0.497 e. The van der Waals surface area contributed by atoms with Crippen molar-refractivity contribution in [2.75, 3.05) is 46.6 Å². The number of aliphatic imine (C=N–C) groups is 1. The molecule has 2 N–H and O–H groups in total. The third-order valence-electron chi connectivity index (χ3n) is 4.73. The second-order valence-corrected chi connectivity index (χ2v) is 6.86. The lowest BCUT2D eigenvalue weighted by Gasteiger charge is -2.14. The van der Waals surface area contributed by atoms with Gasteiger partial charge in [0, 0.05) is 26.2 Å². The number of hydrogen-bond acceptors (Lipinski definition) is 4. The lowest BCUT2D eigenvalue weighted by Crippen LogP contribution is -2.39. The first kappa shape index (κ1) is 21.5. The van der Waals surface area contributed by atoms with Gasteiger partial charge in [0.05, 0.1) is 26.4 Å². The molecule has 0 spiro atoms. The van der Waals surface area contributed by atoms with E-state index < -0.39 is 0 Å². The summed E-state index contributed by atoms with van der Waals surface area (Å²) >= 11 is 0. The molecule has 2 rings (SSSR count). The van der Waals surface area contributed by atoms with E-state index in [1.165, 1.54) is 5.56 Å². The summed E-state index contributed by atoms with van der Waals surface area (Å²) in [6, 6.07) is 8.28. The summed E-state index contributed by atoms with van der Waals surface area (Å²) in [6.45, 7) is 8.89. The van der Waals surface area contributed by atoms with Gasteiger partial charge in [0.2, 0.25) is 0 Å². The van der Waals surface area contributed by atoms with Crippen LogP contribution in [0.1, 0.15) is 44.6 Å². The zero-order chi connectivity index (χ0) is 19.3. The zero-order valence-electron chi connectivity index (χ0n) is 17.0. The first-order chi connectivity index (χ1) is 13.2. The smallest absolute Gasteiger partial charge is 0.191 e. The molecule has 2 atom stereocenters. The molecular formula is C21H35N3O3. The van der Waals surface area contributed by atoms with E-state index in [1.807, 2.05) is 12.1 Å². The number of guanidine groups is 1. The lowest BCUT2D eigenvalue weighted by atomic mass is 9.98. The lowest BCUT2D eigenvalue weighted by molar-refractivity contribution is 0.0191. The molecule has 2 unspecified atom stereocenters. The Bertz CT molecular complexity index is 542. The second-order valence-electron chi connectivity index (χ2n) is 6.86. The average Bonchev–Trinajstić information content (AvgIpc) is 3.21. The topological polar surface area (TPSA) is 64.1 Å². The molecule has 1 heterocycles. The van der Waals surface area contributed by atoms with Crippen LogP contribution >= 0.6 is 0 Å². The van der Waals surface area contributed by atoms with Crippen LogP contribution in [0.2, 0.25) is 0 Å². The Morgan fingerprint density at radius 3 is 2.78 bits per heavy atom. The largest absolute Gasteiger partial charge is 0.497 e. The number of ether oxygens (including phenoxy) is 3. The summed E-state index contributed by atoms with van der Waals surface area (Å²) in [6.07, 6.45) is 3.55. The van der Waals surface area contributed by atoms with Crippen molar-refractivity contribution in [2.45, 2.75) is 45.1 Å². The Balaban J connectivity index is 1.66. The normalized spacial score (nSPS) is 18.3. The van der Waals surface area contributed by atoms with Gasteiger partial charge in [0.15, 0.2) is 5.96 Å². The van der Waals surface area contributed by atoms with Crippen LogP contribution in [0, 0.1) is 0 Å². The summed E-state index contributed by atoms with van der Waals surface area (Å²) in [5.41, 5.74) is 1.31. The Morgan fingerprint density at radius 1 is 1.30 bits per heavy atom. The van der Waals surface area contributed by atoms with Gasteiger partial charge in [-0.2, -0.15) is 0 Å². The van der Waals surface area contributed by atoms with Crippen LogP contribution in [0.5, 0.6) is 5.75 Å². The number of nitrogens with zero attached hydrogens (tertiary/aromatic N) is 1. The van der Waals surface area contributed by atoms with Crippen molar-refractivity contribution in [3.05, 3.63) is 29.8 Å². The molecule has 6 heteroatoms. The van der Waals surface area contributed by atoms with Gasteiger partial charge in [-0.15, -0.1) is 0 Å². The van der Waals surface area contributed by atoms with E-state index in [1.54, 1.807) is 7.11 Å². The van der Waals surface area contributed by atoms with Gasteiger partial charge < -0.3 is 24.8 Å². The molecule has 0 saturated carbocycles. The maximum Gasteiger partial charge on any atom is 0.191 e. The molecule has 6 nitrogen and oxygen atoms in total. The fourth-order valence-electron chi connectivity index (χ4n) is 3.04. The molecule has 1 aromatic carbocycles. The van der Waals surface area contributed by atoms with Gasteiger partial charge in [0.25, 0.3) is 0 Å². The van der Waals surface area contributed by atoms with Crippen LogP contribution in [0.15, 0.2) is 29.3 Å². The van der Waals surface area contributed by atoms with Crippen LogP contribution in [0.25, 0.3) is 0 Å². The van der Waals surface area contributed by atoms with Crippen LogP contribution in [0.3, 0.4) is 0 Å². The van der Waals surface area contributed by atoms with Crippen molar-refractivity contribution in [3.8, 4) is 5.75 Å². The Labute approximate surface area is 163 Å². The Kier molecular flexibility index (Phi) is 10.0. The van der Waals surface area contributed by atoms with Crippen molar-refractivity contribution in [1.82, 2.24) is 10.6 Å². The van der Waals surface area contributed by atoms with E-state index in [0.29, 0.717) is 19.1 Å². The van der Waals surface area contributed by atoms with E-state index >= 15 is 0 Å². The molecule has 0 bridgehead atoms. The van der Waals surface area contributed by atoms with Gasteiger partial charge in [0.1, 0.15) is 5.75 Å². The van der Waals surface area contributed by atoms with E-state index in [9.17, 15) is 0 Å².